The standard InChI is InChI=1S/C19H18ClN3O3S/c1-12-8-15(16(25-2)10-14(12)20)21-17(24)11-27-19-23-22-18(26-19)9-13-6-4-3-5-7-13/h3-8,10H,9,11H2,1-2H3,(H,21,24). The van der Waals surface area contributed by atoms with E-state index in [0.717, 1.165) is 11.1 Å². The van der Waals surface area contributed by atoms with E-state index in [0.29, 0.717) is 34.0 Å². The van der Waals surface area contributed by atoms with Crippen LogP contribution in [0.5, 0.6) is 5.75 Å². The van der Waals surface area contributed by atoms with Gasteiger partial charge in [-0.3, -0.25) is 4.79 Å². The van der Waals surface area contributed by atoms with Crippen LogP contribution in [0.1, 0.15) is 17.0 Å². The average molecular weight is 404 g/mol. The van der Waals surface area contributed by atoms with E-state index in [1.54, 1.807) is 12.1 Å². The highest BCUT2D eigenvalue weighted by Gasteiger charge is 2.13. The molecular formula is C19H18ClN3O3S. The minimum Gasteiger partial charge on any atom is -0.495 e. The highest BCUT2D eigenvalue weighted by molar-refractivity contribution is 7.99. The van der Waals surface area contributed by atoms with Gasteiger partial charge in [0.15, 0.2) is 0 Å². The number of aromatic nitrogens is 2. The number of anilines is 1. The summed E-state index contributed by atoms with van der Waals surface area (Å²) >= 11 is 7.26. The Bertz CT molecular complexity index is 931. The first-order valence-corrected chi connectivity index (χ1v) is 9.54. The van der Waals surface area contributed by atoms with Gasteiger partial charge < -0.3 is 14.5 Å². The van der Waals surface area contributed by atoms with Crippen molar-refractivity contribution >= 4 is 35.0 Å². The molecule has 0 aliphatic heterocycles. The number of aryl methyl sites for hydroxylation is 1. The van der Waals surface area contributed by atoms with Crippen LogP contribution in [-0.4, -0.2) is 29.0 Å². The van der Waals surface area contributed by atoms with Crippen molar-refractivity contribution in [3.63, 3.8) is 0 Å². The lowest BCUT2D eigenvalue weighted by molar-refractivity contribution is -0.113. The molecule has 0 unspecified atom stereocenters. The van der Waals surface area contributed by atoms with Gasteiger partial charge in [0.1, 0.15) is 5.75 Å². The Morgan fingerprint density at radius 2 is 2.04 bits per heavy atom. The fourth-order valence-corrected chi connectivity index (χ4v) is 3.12. The Morgan fingerprint density at radius 3 is 2.78 bits per heavy atom. The summed E-state index contributed by atoms with van der Waals surface area (Å²) in [5.41, 5.74) is 2.50. The Kier molecular flexibility index (Phi) is 6.36. The quantitative estimate of drug-likeness (QED) is 0.590. The lowest BCUT2D eigenvalue weighted by Crippen LogP contribution is -2.15. The molecule has 1 N–H and O–H groups in total. The summed E-state index contributed by atoms with van der Waals surface area (Å²) in [4.78, 5) is 12.2. The summed E-state index contributed by atoms with van der Waals surface area (Å²) in [6, 6.07) is 13.3. The minimum absolute atomic E-state index is 0.137. The molecule has 27 heavy (non-hydrogen) atoms. The Hall–Kier alpha value is -2.51. The maximum atomic E-state index is 12.2. The van der Waals surface area contributed by atoms with Crippen LogP contribution in [0.15, 0.2) is 52.1 Å². The topological polar surface area (TPSA) is 77.2 Å². The third kappa shape index (κ3) is 5.24. The minimum atomic E-state index is -0.206. The first-order chi connectivity index (χ1) is 13.0. The monoisotopic (exact) mass is 403 g/mol. The second-order valence-electron chi connectivity index (χ2n) is 5.76. The summed E-state index contributed by atoms with van der Waals surface area (Å²) < 4.78 is 10.8. The molecule has 0 saturated heterocycles. The van der Waals surface area contributed by atoms with Crippen molar-refractivity contribution in [2.75, 3.05) is 18.2 Å². The van der Waals surface area contributed by atoms with Crippen LogP contribution in [-0.2, 0) is 11.2 Å². The molecule has 6 nitrogen and oxygen atoms in total. The normalized spacial score (nSPS) is 10.6. The number of carbonyl (C=O) groups is 1. The molecule has 0 atom stereocenters. The molecule has 0 saturated carbocycles. The van der Waals surface area contributed by atoms with Gasteiger partial charge in [-0.05, 0) is 24.1 Å². The van der Waals surface area contributed by atoms with E-state index >= 15 is 0 Å². The molecule has 0 radical (unpaired) electrons. The van der Waals surface area contributed by atoms with Gasteiger partial charge in [0.2, 0.25) is 11.8 Å². The van der Waals surface area contributed by atoms with E-state index in [1.807, 2.05) is 37.3 Å². The number of thioether (sulfide) groups is 1. The molecule has 0 aliphatic rings. The second kappa shape index (κ2) is 8.92. The lowest BCUT2D eigenvalue weighted by atomic mass is 10.2. The molecule has 1 heterocycles. The van der Waals surface area contributed by atoms with E-state index in [-0.39, 0.29) is 11.7 Å². The molecular weight excluding hydrogens is 386 g/mol. The predicted octanol–water partition coefficient (Wildman–Crippen LogP) is 4.36. The summed E-state index contributed by atoms with van der Waals surface area (Å²) in [7, 11) is 1.53. The van der Waals surface area contributed by atoms with E-state index in [2.05, 4.69) is 15.5 Å². The number of nitrogens with one attached hydrogen (secondary N) is 1. The molecule has 3 rings (SSSR count). The van der Waals surface area contributed by atoms with E-state index in [4.69, 9.17) is 20.8 Å². The van der Waals surface area contributed by atoms with E-state index in [1.165, 1.54) is 18.9 Å². The summed E-state index contributed by atoms with van der Waals surface area (Å²) in [6.45, 7) is 1.86. The zero-order chi connectivity index (χ0) is 19.2. The lowest BCUT2D eigenvalue weighted by Gasteiger charge is -2.11. The number of carbonyl (C=O) groups excluding carboxylic acids is 1. The van der Waals surface area contributed by atoms with Crippen LogP contribution >= 0.6 is 23.4 Å². The number of hydrogen-bond donors (Lipinski definition) is 1. The summed E-state index contributed by atoms with van der Waals surface area (Å²) in [5, 5.41) is 11.7. The van der Waals surface area contributed by atoms with Gasteiger partial charge in [0, 0.05) is 11.1 Å². The van der Waals surface area contributed by atoms with Crippen LogP contribution < -0.4 is 10.1 Å². The molecule has 0 spiro atoms. The van der Waals surface area contributed by atoms with Crippen molar-refractivity contribution in [2.24, 2.45) is 0 Å². The van der Waals surface area contributed by atoms with Crippen LogP contribution in [0.4, 0.5) is 5.69 Å². The van der Waals surface area contributed by atoms with Gasteiger partial charge in [-0.25, -0.2) is 0 Å². The second-order valence-corrected chi connectivity index (χ2v) is 7.10. The first kappa shape index (κ1) is 19.3. The van der Waals surface area contributed by atoms with Crippen molar-refractivity contribution in [2.45, 2.75) is 18.6 Å². The van der Waals surface area contributed by atoms with Gasteiger partial charge >= 0.3 is 0 Å². The molecule has 2 aromatic carbocycles. The van der Waals surface area contributed by atoms with Crippen LogP contribution in [0.3, 0.4) is 0 Å². The first-order valence-electron chi connectivity index (χ1n) is 8.18. The third-order valence-electron chi connectivity index (χ3n) is 3.73. The van der Waals surface area contributed by atoms with Gasteiger partial charge in [-0.15, -0.1) is 10.2 Å². The Morgan fingerprint density at radius 1 is 1.26 bits per heavy atom. The Labute approximate surface area is 166 Å². The molecule has 8 heteroatoms. The van der Waals surface area contributed by atoms with Crippen molar-refractivity contribution in [3.05, 3.63) is 64.5 Å². The smallest absolute Gasteiger partial charge is 0.277 e. The highest BCUT2D eigenvalue weighted by Crippen LogP contribution is 2.31. The fourth-order valence-electron chi connectivity index (χ4n) is 2.38. The maximum Gasteiger partial charge on any atom is 0.277 e. The van der Waals surface area contributed by atoms with Crippen LogP contribution in [0.2, 0.25) is 5.02 Å². The molecule has 0 bridgehead atoms. The predicted molar refractivity (Wildman–Crippen MR) is 106 cm³/mol. The zero-order valence-electron chi connectivity index (χ0n) is 14.9. The average Bonchev–Trinajstić information content (AvgIpc) is 3.11. The van der Waals surface area contributed by atoms with Gasteiger partial charge in [0.25, 0.3) is 5.22 Å². The molecule has 140 valence electrons. The number of halogens is 1. The van der Waals surface area contributed by atoms with Crippen molar-refractivity contribution in [1.82, 2.24) is 10.2 Å². The maximum absolute atomic E-state index is 12.2. The van der Waals surface area contributed by atoms with Gasteiger partial charge in [0.05, 0.1) is 25.0 Å². The molecule has 3 aromatic rings. The highest BCUT2D eigenvalue weighted by atomic mass is 35.5. The van der Waals surface area contributed by atoms with Crippen molar-refractivity contribution in [1.29, 1.82) is 0 Å². The number of amides is 1. The number of ether oxygens (including phenoxy) is 1. The number of hydrogen-bond acceptors (Lipinski definition) is 6. The SMILES string of the molecule is COc1cc(Cl)c(C)cc1NC(=O)CSc1nnc(Cc2ccccc2)o1. The van der Waals surface area contributed by atoms with Gasteiger partial charge in [-0.2, -0.15) is 0 Å². The number of nitrogens with zero attached hydrogens (tertiary/aromatic N) is 2. The summed E-state index contributed by atoms with van der Waals surface area (Å²) in [6.07, 6.45) is 0.557. The largest absolute Gasteiger partial charge is 0.495 e. The molecule has 1 amide bonds. The van der Waals surface area contributed by atoms with Crippen molar-refractivity contribution < 1.29 is 13.9 Å². The van der Waals surface area contributed by atoms with E-state index in [9.17, 15) is 4.79 Å². The third-order valence-corrected chi connectivity index (χ3v) is 4.95. The number of benzene rings is 2. The number of methoxy groups -OCH3 is 1. The summed E-state index contributed by atoms with van der Waals surface area (Å²) in [5.74, 6) is 0.950. The van der Waals surface area contributed by atoms with Gasteiger partial charge in [-0.1, -0.05) is 53.7 Å². The Balaban J connectivity index is 1.56. The zero-order valence-corrected chi connectivity index (χ0v) is 16.4. The fraction of sp³-hybridized carbons (Fsp3) is 0.211. The molecule has 0 aliphatic carbocycles. The molecule has 1 aromatic heterocycles. The van der Waals surface area contributed by atoms with Crippen LogP contribution in [0, 0.1) is 6.92 Å². The van der Waals surface area contributed by atoms with Crippen molar-refractivity contribution in [3.8, 4) is 5.75 Å². The van der Waals surface area contributed by atoms with Crippen LogP contribution in [0.25, 0.3) is 0 Å². The van der Waals surface area contributed by atoms with E-state index < -0.39 is 0 Å². The number of rotatable bonds is 7. The molecule has 0 fully saturated rings.